The van der Waals surface area contributed by atoms with Crippen LogP contribution in [0.5, 0.6) is 0 Å². The maximum absolute atomic E-state index is 11.5. The highest BCUT2D eigenvalue weighted by atomic mass is 16.5. The summed E-state index contributed by atoms with van der Waals surface area (Å²) in [4.78, 5) is 22.5. The van der Waals surface area contributed by atoms with Gasteiger partial charge in [-0.1, -0.05) is 29.8 Å². The Morgan fingerprint density at radius 3 is 2.47 bits per heavy atom. The summed E-state index contributed by atoms with van der Waals surface area (Å²) in [5, 5.41) is 18.8. The lowest BCUT2D eigenvalue weighted by atomic mass is 9.88. The molecule has 1 aliphatic heterocycles. The zero-order chi connectivity index (χ0) is 12.6. The van der Waals surface area contributed by atoms with Crippen molar-refractivity contribution in [3.05, 3.63) is 35.4 Å². The van der Waals surface area contributed by atoms with Crippen LogP contribution in [0.2, 0.25) is 0 Å². The predicted molar refractivity (Wildman–Crippen MR) is 58.5 cm³/mol. The Labute approximate surface area is 98.2 Å². The lowest BCUT2D eigenvalue weighted by Gasteiger charge is -2.13. The molecule has 0 aromatic heterocycles. The summed E-state index contributed by atoms with van der Waals surface area (Å²) in [7, 11) is 0. The van der Waals surface area contributed by atoms with E-state index in [1.807, 2.05) is 19.1 Å². The molecule has 2 unspecified atom stereocenters. The Hall–Kier alpha value is -1.88. The number of hydroxylamine groups is 2. The number of aliphatic carboxylic acids is 1. The second-order valence-corrected chi connectivity index (χ2v) is 4.25. The molecule has 0 spiro atoms. The van der Waals surface area contributed by atoms with Gasteiger partial charge in [-0.05, 0) is 12.5 Å². The van der Waals surface area contributed by atoms with Gasteiger partial charge in [0.1, 0.15) is 5.92 Å². The van der Waals surface area contributed by atoms with Crippen molar-refractivity contribution in [2.75, 3.05) is 6.54 Å². The zero-order valence-electron chi connectivity index (χ0n) is 9.33. The van der Waals surface area contributed by atoms with Crippen LogP contribution in [0, 0.1) is 12.8 Å². The number of benzene rings is 1. The van der Waals surface area contributed by atoms with Gasteiger partial charge in [0.25, 0.3) is 5.91 Å². The SMILES string of the molecule is Cc1ccc(C2CN(O)C(=O)C2C(=O)O)cc1. The molecular weight excluding hydrogens is 222 g/mol. The molecule has 1 amide bonds. The van der Waals surface area contributed by atoms with Crippen LogP contribution in [0.3, 0.4) is 0 Å². The molecule has 2 rings (SSSR count). The highest BCUT2D eigenvalue weighted by Crippen LogP contribution is 2.33. The number of nitrogens with zero attached hydrogens (tertiary/aromatic N) is 1. The van der Waals surface area contributed by atoms with E-state index in [1.165, 1.54) is 0 Å². The van der Waals surface area contributed by atoms with Crippen molar-refractivity contribution < 1.29 is 19.9 Å². The number of hydrogen-bond donors (Lipinski definition) is 2. The molecule has 17 heavy (non-hydrogen) atoms. The monoisotopic (exact) mass is 235 g/mol. The summed E-state index contributed by atoms with van der Waals surface area (Å²) >= 11 is 0. The van der Waals surface area contributed by atoms with E-state index < -0.39 is 23.7 Å². The minimum Gasteiger partial charge on any atom is -0.481 e. The van der Waals surface area contributed by atoms with Crippen LogP contribution in [0.25, 0.3) is 0 Å². The summed E-state index contributed by atoms with van der Waals surface area (Å²) in [5.74, 6) is -3.63. The first-order valence-electron chi connectivity index (χ1n) is 5.30. The second-order valence-electron chi connectivity index (χ2n) is 4.25. The van der Waals surface area contributed by atoms with Crippen molar-refractivity contribution in [2.45, 2.75) is 12.8 Å². The van der Waals surface area contributed by atoms with E-state index in [9.17, 15) is 14.8 Å². The molecule has 1 aromatic carbocycles. The summed E-state index contributed by atoms with van der Waals surface area (Å²) in [5.41, 5.74) is 1.82. The topological polar surface area (TPSA) is 77.8 Å². The normalized spacial score (nSPS) is 24.1. The molecule has 1 fully saturated rings. The van der Waals surface area contributed by atoms with Crippen molar-refractivity contribution in [3.63, 3.8) is 0 Å². The highest BCUT2D eigenvalue weighted by molar-refractivity contribution is 5.99. The number of hydrogen-bond acceptors (Lipinski definition) is 3. The number of carboxylic acid groups (broad SMARTS) is 1. The third-order valence-electron chi connectivity index (χ3n) is 3.06. The van der Waals surface area contributed by atoms with Crippen molar-refractivity contribution in [2.24, 2.45) is 5.92 Å². The molecule has 1 aliphatic rings. The summed E-state index contributed by atoms with van der Waals surface area (Å²) in [6, 6.07) is 7.31. The van der Waals surface area contributed by atoms with Crippen molar-refractivity contribution >= 4 is 11.9 Å². The van der Waals surface area contributed by atoms with Gasteiger partial charge >= 0.3 is 5.97 Å². The molecular formula is C12H13NO4. The Balaban J connectivity index is 2.34. The molecule has 2 atom stereocenters. The largest absolute Gasteiger partial charge is 0.481 e. The predicted octanol–water partition coefficient (Wildman–Crippen LogP) is 1.01. The third-order valence-corrected chi connectivity index (χ3v) is 3.06. The second kappa shape index (κ2) is 4.18. The van der Waals surface area contributed by atoms with E-state index in [2.05, 4.69) is 0 Å². The first-order valence-corrected chi connectivity index (χ1v) is 5.30. The lowest BCUT2D eigenvalue weighted by Crippen LogP contribution is -2.28. The van der Waals surface area contributed by atoms with Gasteiger partial charge in [-0.25, -0.2) is 5.06 Å². The average molecular weight is 235 g/mol. The van der Waals surface area contributed by atoms with Gasteiger partial charge in [-0.15, -0.1) is 0 Å². The fourth-order valence-electron chi connectivity index (χ4n) is 2.10. The van der Waals surface area contributed by atoms with Gasteiger partial charge in [0, 0.05) is 5.92 Å². The van der Waals surface area contributed by atoms with Gasteiger partial charge in [0.15, 0.2) is 0 Å². The smallest absolute Gasteiger partial charge is 0.316 e. The van der Waals surface area contributed by atoms with Gasteiger partial charge in [0.2, 0.25) is 0 Å². The van der Waals surface area contributed by atoms with Gasteiger partial charge in [-0.3, -0.25) is 14.8 Å². The quantitative estimate of drug-likeness (QED) is 0.592. The Kier molecular flexibility index (Phi) is 2.85. The fraction of sp³-hybridized carbons (Fsp3) is 0.333. The molecule has 90 valence electrons. The van der Waals surface area contributed by atoms with Crippen molar-refractivity contribution in [3.8, 4) is 0 Å². The molecule has 1 aromatic rings. The maximum Gasteiger partial charge on any atom is 0.316 e. The van der Waals surface area contributed by atoms with E-state index in [1.54, 1.807) is 12.1 Å². The number of amides is 1. The molecule has 1 heterocycles. The van der Waals surface area contributed by atoms with E-state index in [0.717, 1.165) is 11.1 Å². The summed E-state index contributed by atoms with van der Waals surface area (Å²) < 4.78 is 0. The van der Waals surface area contributed by atoms with E-state index in [4.69, 9.17) is 5.11 Å². The first kappa shape index (κ1) is 11.6. The number of rotatable bonds is 2. The summed E-state index contributed by atoms with van der Waals surface area (Å²) in [6.07, 6.45) is 0. The Bertz CT molecular complexity index is 454. The van der Waals surface area contributed by atoms with Crippen LogP contribution < -0.4 is 0 Å². The van der Waals surface area contributed by atoms with Crippen LogP contribution in [0.15, 0.2) is 24.3 Å². The third kappa shape index (κ3) is 2.01. The Morgan fingerprint density at radius 2 is 1.94 bits per heavy atom. The molecule has 0 saturated carbocycles. The number of carbonyl (C=O) groups excluding carboxylic acids is 1. The van der Waals surface area contributed by atoms with Crippen molar-refractivity contribution in [1.29, 1.82) is 0 Å². The molecule has 0 bridgehead atoms. The minimum absolute atomic E-state index is 0.0266. The molecule has 5 heteroatoms. The number of aryl methyl sites for hydroxylation is 1. The number of carbonyl (C=O) groups is 2. The standard InChI is InChI=1S/C12H13NO4/c1-7-2-4-8(5-3-7)9-6-13(17)11(14)10(9)12(15)16/h2-5,9-10,17H,6H2,1H3,(H,15,16). The van der Waals surface area contributed by atoms with Crippen LogP contribution in [0.1, 0.15) is 17.0 Å². The van der Waals surface area contributed by atoms with Crippen molar-refractivity contribution in [1.82, 2.24) is 5.06 Å². The van der Waals surface area contributed by atoms with E-state index in [-0.39, 0.29) is 6.54 Å². The molecule has 2 N–H and O–H groups in total. The molecule has 5 nitrogen and oxygen atoms in total. The van der Waals surface area contributed by atoms with Gasteiger partial charge in [0.05, 0.1) is 6.54 Å². The van der Waals surface area contributed by atoms with Crippen LogP contribution in [0.4, 0.5) is 0 Å². The van der Waals surface area contributed by atoms with Gasteiger partial charge < -0.3 is 5.11 Å². The van der Waals surface area contributed by atoms with Crippen LogP contribution in [-0.4, -0.2) is 33.8 Å². The van der Waals surface area contributed by atoms with E-state index in [0.29, 0.717) is 5.06 Å². The maximum atomic E-state index is 11.5. The zero-order valence-corrected chi connectivity index (χ0v) is 9.33. The summed E-state index contributed by atoms with van der Waals surface area (Å²) in [6.45, 7) is 1.95. The highest BCUT2D eigenvalue weighted by Gasteiger charge is 2.45. The average Bonchev–Trinajstić information content (AvgIpc) is 2.56. The lowest BCUT2D eigenvalue weighted by molar-refractivity contribution is -0.164. The fourth-order valence-corrected chi connectivity index (χ4v) is 2.10. The molecule has 0 aliphatic carbocycles. The van der Waals surface area contributed by atoms with Gasteiger partial charge in [-0.2, -0.15) is 0 Å². The van der Waals surface area contributed by atoms with Crippen LogP contribution >= 0.6 is 0 Å². The Morgan fingerprint density at radius 1 is 1.35 bits per heavy atom. The first-order chi connectivity index (χ1) is 8.00. The molecule has 0 radical (unpaired) electrons. The minimum atomic E-state index is -1.20. The molecule has 1 saturated heterocycles. The number of carboxylic acids is 1. The van der Waals surface area contributed by atoms with Crippen LogP contribution in [-0.2, 0) is 9.59 Å². The van der Waals surface area contributed by atoms with E-state index >= 15 is 0 Å².